The lowest BCUT2D eigenvalue weighted by Crippen LogP contribution is -2.42. The molecule has 0 radical (unpaired) electrons. The maximum atomic E-state index is 12.7. The molecule has 0 unspecified atom stereocenters. The van der Waals surface area contributed by atoms with E-state index in [9.17, 15) is 18.0 Å². The van der Waals surface area contributed by atoms with Crippen LogP contribution in [0.15, 0.2) is 77.7 Å². The Bertz CT molecular complexity index is 1240. The average molecular weight is 484 g/mol. The summed E-state index contributed by atoms with van der Waals surface area (Å²) in [5.41, 5.74) is 5.78. The van der Waals surface area contributed by atoms with Crippen LogP contribution in [0.1, 0.15) is 22.8 Å². The number of ether oxygens (including phenoxy) is 2. The topological polar surface area (TPSA) is 123 Å². The minimum atomic E-state index is -3.94. The third-order valence-corrected chi connectivity index (χ3v) is 6.04. The van der Waals surface area contributed by atoms with Gasteiger partial charge in [0.25, 0.3) is 15.9 Å². The summed E-state index contributed by atoms with van der Waals surface area (Å²) in [6.07, 6.45) is 0.0463. The van der Waals surface area contributed by atoms with E-state index in [1.165, 1.54) is 24.3 Å². The molecule has 34 heavy (non-hydrogen) atoms. The molecule has 0 heterocycles. The minimum absolute atomic E-state index is 0.0463. The summed E-state index contributed by atoms with van der Waals surface area (Å²) in [5, 5.41) is 0. The highest BCUT2D eigenvalue weighted by Crippen LogP contribution is 2.20. The van der Waals surface area contributed by atoms with Crippen LogP contribution in [0.3, 0.4) is 0 Å². The van der Waals surface area contributed by atoms with Crippen molar-refractivity contribution in [2.45, 2.75) is 18.2 Å². The van der Waals surface area contributed by atoms with Gasteiger partial charge in [-0.2, -0.15) is 0 Å². The van der Waals surface area contributed by atoms with Gasteiger partial charge in [0, 0.05) is 11.3 Å². The average Bonchev–Trinajstić information content (AvgIpc) is 2.84. The molecule has 0 saturated carbocycles. The molecule has 0 atom stereocenters. The fraction of sp³-hybridized carbons (Fsp3) is 0.167. The van der Waals surface area contributed by atoms with Crippen LogP contribution in [0.2, 0.25) is 0 Å². The van der Waals surface area contributed by atoms with Crippen LogP contribution in [0.4, 0.5) is 5.69 Å². The summed E-state index contributed by atoms with van der Waals surface area (Å²) in [4.78, 5) is 24.5. The number of benzene rings is 3. The number of carbonyl (C=O) groups excluding carboxylic acids is 2. The molecular formula is C24H25N3O6S. The molecule has 9 nitrogen and oxygen atoms in total. The van der Waals surface area contributed by atoms with E-state index in [4.69, 9.17) is 9.47 Å². The van der Waals surface area contributed by atoms with E-state index in [2.05, 4.69) is 15.6 Å². The van der Waals surface area contributed by atoms with Gasteiger partial charge in [0.1, 0.15) is 11.5 Å². The summed E-state index contributed by atoms with van der Waals surface area (Å²) in [7, 11) is -2.39. The molecule has 178 valence electrons. The standard InChI is InChI=1S/C24H25N3O6S/c1-3-33-21-13-9-19(10-14-21)27-34(30,31)22-6-4-5-18(16-22)24(29)26-25-23(28)15-17-7-11-20(32-2)12-8-17/h4-14,16,27H,3,15H2,1-2H3,(H,25,28)(H,26,29). The lowest BCUT2D eigenvalue weighted by Gasteiger charge is -2.11. The maximum Gasteiger partial charge on any atom is 0.269 e. The van der Waals surface area contributed by atoms with Crippen LogP contribution < -0.4 is 25.0 Å². The Morgan fingerprint density at radius 3 is 2.21 bits per heavy atom. The second-order valence-corrected chi connectivity index (χ2v) is 8.80. The zero-order chi connectivity index (χ0) is 24.6. The molecular weight excluding hydrogens is 458 g/mol. The highest BCUT2D eigenvalue weighted by atomic mass is 32.2. The first-order valence-corrected chi connectivity index (χ1v) is 11.9. The molecule has 3 aromatic rings. The number of hydrogen-bond donors (Lipinski definition) is 3. The first-order valence-electron chi connectivity index (χ1n) is 10.4. The fourth-order valence-corrected chi connectivity index (χ4v) is 4.08. The highest BCUT2D eigenvalue weighted by molar-refractivity contribution is 7.92. The number of amides is 2. The van der Waals surface area contributed by atoms with Crippen molar-refractivity contribution in [3.8, 4) is 11.5 Å². The van der Waals surface area contributed by atoms with Gasteiger partial charge in [0.05, 0.1) is 25.0 Å². The fourth-order valence-electron chi connectivity index (χ4n) is 2.98. The molecule has 0 bridgehead atoms. The van der Waals surface area contributed by atoms with Crippen molar-refractivity contribution in [3.05, 3.63) is 83.9 Å². The molecule has 0 fully saturated rings. The smallest absolute Gasteiger partial charge is 0.269 e. The van der Waals surface area contributed by atoms with Gasteiger partial charge in [-0.1, -0.05) is 18.2 Å². The Kier molecular flexibility index (Phi) is 8.10. The Labute approximate surface area is 198 Å². The van der Waals surface area contributed by atoms with Crippen molar-refractivity contribution in [2.24, 2.45) is 0 Å². The summed E-state index contributed by atoms with van der Waals surface area (Å²) in [6.45, 7) is 2.36. The molecule has 0 aromatic heterocycles. The van der Waals surface area contributed by atoms with Gasteiger partial charge in [-0.3, -0.25) is 25.2 Å². The third kappa shape index (κ3) is 6.72. The molecule has 0 saturated heterocycles. The quantitative estimate of drug-likeness (QED) is 0.402. The van der Waals surface area contributed by atoms with Crippen molar-refractivity contribution in [1.29, 1.82) is 0 Å². The molecule has 0 aliphatic rings. The molecule has 0 aliphatic carbocycles. The SMILES string of the molecule is CCOc1ccc(NS(=O)(=O)c2cccc(C(=O)NNC(=O)Cc3ccc(OC)cc3)c2)cc1. The third-order valence-electron chi connectivity index (χ3n) is 4.66. The van der Waals surface area contributed by atoms with E-state index in [0.29, 0.717) is 23.8 Å². The van der Waals surface area contributed by atoms with Gasteiger partial charge < -0.3 is 9.47 Å². The van der Waals surface area contributed by atoms with E-state index in [1.807, 2.05) is 6.92 Å². The van der Waals surface area contributed by atoms with E-state index in [1.54, 1.807) is 55.6 Å². The van der Waals surface area contributed by atoms with Crippen LogP contribution in [0, 0.1) is 0 Å². The zero-order valence-electron chi connectivity index (χ0n) is 18.7. The van der Waals surface area contributed by atoms with Crippen LogP contribution in [0.25, 0.3) is 0 Å². The number of hydrogen-bond acceptors (Lipinski definition) is 6. The Hall–Kier alpha value is -4.05. The predicted octanol–water partition coefficient (Wildman–Crippen LogP) is 2.90. The predicted molar refractivity (Wildman–Crippen MR) is 127 cm³/mol. The summed E-state index contributed by atoms with van der Waals surface area (Å²) in [6, 6.07) is 18.9. The molecule has 0 aliphatic heterocycles. The summed E-state index contributed by atoms with van der Waals surface area (Å²) in [5.74, 6) is 0.211. The number of rotatable bonds is 9. The summed E-state index contributed by atoms with van der Waals surface area (Å²) >= 11 is 0. The van der Waals surface area contributed by atoms with Gasteiger partial charge in [0.2, 0.25) is 5.91 Å². The van der Waals surface area contributed by atoms with E-state index in [0.717, 1.165) is 5.56 Å². The summed E-state index contributed by atoms with van der Waals surface area (Å²) < 4.78 is 38.4. The number of sulfonamides is 1. The van der Waals surface area contributed by atoms with Gasteiger partial charge in [-0.25, -0.2) is 8.42 Å². The van der Waals surface area contributed by atoms with Gasteiger partial charge >= 0.3 is 0 Å². The molecule has 3 aromatic carbocycles. The van der Waals surface area contributed by atoms with Gasteiger partial charge in [-0.15, -0.1) is 0 Å². The highest BCUT2D eigenvalue weighted by Gasteiger charge is 2.17. The molecule has 0 spiro atoms. The monoisotopic (exact) mass is 483 g/mol. The van der Waals surface area contributed by atoms with E-state index in [-0.39, 0.29) is 16.9 Å². The number of methoxy groups -OCH3 is 1. The lowest BCUT2D eigenvalue weighted by molar-refractivity contribution is -0.121. The van der Waals surface area contributed by atoms with E-state index < -0.39 is 21.8 Å². The van der Waals surface area contributed by atoms with Crippen molar-refractivity contribution in [1.82, 2.24) is 10.9 Å². The molecule has 2 amide bonds. The largest absolute Gasteiger partial charge is 0.497 e. The Morgan fingerprint density at radius 2 is 1.56 bits per heavy atom. The maximum absolute atomic E-state index is 12.7. The lowest BCUT2D eigenvalue weighted by atomic mass is 10.1. The second-order valence-electron chi connectivity index (χ2n) is 7.12. The van der Waals surface area contributed by atoms with E-state index >= 15 is 0 Å². The van der Waals surface area contributed by atoms with Crippen molar-refractivity contribution < 1.29 is 27.5 Å². The molecule has 3 rings (SSSR count). The Morgan fingerprint density at radius 1 is 0.882 bits per heavy atom. The normalized spacial score (nSPS) is 10.8. The number of carbonyl (C=O) groups is 2. The Balaban J connectivity index is 1.60. The molecule has 3 N–H and O–H groups in total. The van der Waals surface area contributed by atoms with Crippen LogP contribution in [-0.4, -0.2) is 33.9 Å². The first-order chi connectivity index (χ1) is 16.3. The first kappa shape index (κ1) is 24.6. The zero-order valence-corrected chi connectivity index (χ0v) is 19.5. The van der Waals surface area contributed by atoms with Gasteiger partial charge in [0.15, 0.2) is 0 Å². The second kappa shape index (κ2) is 11.2. The number of hydrazine groups is 1. The minimum Gasteiger partial charge on any atom is -0.497 e. The number of anilines is 1. The number of nitrogens with one attached hydrogen (secondary N) is 3. The van der Waals surface area contributed by atoms with Gasteiger partial charge in [-0.05, 0) is 67.1 Å². The van der Waals surface area contributed by atoms with Crippen molar-refractivity contribution in [2.75, 3.05) is 18.4 Å². The van der Waals surface area contributed by atoms with Crippen LogP contribution >= 0.6 is 0 Å². The van der Waals surface area contributed by atoms with Crippen molar-refractivity contribution in [3.63, 3.8) is 0 Å². The molecule has 10 heteroatoms. The van der Waals surface area contributed by atoms with Crippen LogP contribution in [0.5, 0.6) is 11.5 Å². The van der Waals surface area contributed by atoms with Crippen LogP contribution in [-0.2, 0) is 21.2 Å². The van der Waals surface area contributed by atoms with Crippen molar-refractivity contribution >= 4 is 27.5 Å².